The predicted molar refractivity (Wildman–Crippen MR) is 232 cm³/mol. The van der Waals surface area contributed by atoms with Gasteiger partial charge in [0.25, 0.3) is 0 Å². The number of aliphatic hydroxyl groups is 1. The average Bonchev–Trinajstić information content (AvgIpc) is 3.24. The molecule has 0 unspecified atom stereocenters. The van der Waals surface area contributed by atoms with Crippen LogP contribution in [-0.2, 0) is 43.9 Å². The van der Waals surface area contributed by atoms with Crippen LogP contribution in [0.25, 0.3) is 11.1 Å². The van der Waals surface area contributed by atoms with Crippen LogP contribution in [0.2, 0.25) is 0 Å². The fourth-order valence-corrected chi connectivity index (χ4v) is 9.32. The Bertz CT molecular complexity index is 2220. The van der Waals surface area contributed by atoms with E-state index in [-0.39, 0.29) is 42.6 Å². The Labute approximate surface area is 349 Å². The summed E-state index contributed by atoms with van der Waals surface area (Å²) in [4.78, 5) is 16.4. The fraction of sp³-hybridized carbons (Fsp3) is 0.367. The molecule has 59 heavy (non-hydrogen) atoms. The van der Waals surface area contributed by atoms with Gasteiger partial charge in [0.2, 0.25) is 15.9 Å². The number of nitrogens with zero attached hydrogens (tertiary/aromatic N) is 1. The van der Waals surface area contributed by atoms with E-state index in [1.165, 1.54) is 32.1 Å². The van der Waals surface area contributed by atoms with Gasteiger partial charge in [-0.1, -0.05) is 135 Å². The Morgan fingerprint density at radius 3 is 2.12 bits per heavy atom. The molecule has 2 aliphatic heterocycles. The summed E-state index contributed by atoms with van der Waals surface area (Å²) in [7, 11) is -3.96. The number of carbonyl (C=O) groups excluding carboxylic acids is 1. The quantitative estimate of drug-likeness (QED) is 0.103. The van der Waals surface area contributed by atoms with Crippen LogP contribution < -0.4 is 10.0 Å². The van der Waals surface area contributed by atoms with Crippen LogP contribution in [0.5, 0.6) is 0 Å². The zero-order chi connectivity index (χ0) is 41.2. The SMILES string of the molecule is Cc1ccc(S(=O)(=O)N[C@H](Cc2ccccc2)C(=O)NCc2cccc(-c3cccc([C@H]4O[C@@H](CN5CCCCCCC5)[C@@H](C)[C@@H](c5ccc(CO)cc5)O4)c3)c2)cc1. The smallest absolute Gasteiger partial charge is 0.241 e. The van der Waals surface area contributed by atoms with Crippen molar-refractivity contribution in [3.8, 4) is 11.1 Å². The van der Waals surface area contributed by atoms with Gasteiger partial charge in [0, 0.05) is 24.6 Å². The van der Waals surface area contributed by atoms with Crippen molar-refractivity contribution in [1.29, 1.82) is 0 Å². The third kappa shape index (κ3) is 11.3. The standard InChI is InChI=1S/C49H57N3O6S/c1-35-19-25-44(26-20-35)59(55,56)51-45(30-37-13-7-6-8-14-37)48(54)50-32-39-15-11-16-41(29-39)42-17-12-18-43(31-42)49-57-46(33-52-27-9-4-3-5-10-28-52)36(2)47(58-49)40-23-21-38(34-53)22-24-40/h6-8,11-26,29,31,36,45-47,49,51,53H,3-5,9-10,27-28,30,32-34H2,1-2H3,(H,50,54)/t36-,45-,46+,47+,49+/m1/s1. The van der Waals surface area contributed by atoms with Gasteiger partial charge in [0.1, 0.15) is 6.04 Å². The molecule has 2 heterocycles. The number of amides is 1. The molecule has 0 aliphatic carbocycles. The molecule has 0 bridgehead atoms. The van der Waals surface area contributed by atoms with E-state index in [0.717, 1.165) is 64.1 Å². The summed E-state index contributed by atoms with van der Waals surface area (Å²) < 4.78 is 43.2. The molecular weight excluding hydrogens is 759 g/mol. The molecule has 10 heteroatoms. The van der Waals surface area contributed by atoms with Crippen molar-refractivity contribution < 1.29 is 27.8 Å². The van der Waals surface area contributed by atoms with Gasteiger partial charge in [0.05, 0.1) is 23.7 Å². The molecule has 1 amide bonds. The van der Waals surface area contributed by atoms with Crippen LogP contribution in [0, 0.1) is 12.8 Å². The summed E-state index contributed by atoms with van der Waals surface area (Å²) in [5.41, 5.74) is 7.48. The predicted octanol–water partition coefficient (Wildman–Crippen LogP) is 8.42. The van der Waals surface area contributed by atoms with Crippen LogP contribution in [0.1, 0.15) is 84.8 Å². The van der Waals surface area contributed by atoms with Gasteiger partial charge in [-0.2, -0.15) is 4.72 Å². The second-order valence-corrected chi connectivity index (χ2v) is 17.8. The Hall–Kier alpha value is -4.68. The van der Waals surface area contributed by atoms with Crippen molar-refractivity contribution >= 4 is 15.9 Å². The van der Waals surface area contributed by atoms with Crippen molar-refractivity contribution in [3.05, 3.63) is 161 Å². The third-order valence-corrected chi connectivity index (χ3v) is 13.1. The first-order valence-corrected chi connectivity index (χ1v) is 22.5. The largest absolute Gasteiger partial charge is 0.392 e. The van der Waals surface area contributed by atoms with E-state index >= 15 is 0 Å². The molecule has 3 N–H and O–H groups in total. The lowest BCUT2D eigenvalue weighted by atomic mass is 9.89. The highest BCUT2D eigenvalue weighted by Crippen LogP contribution is 2.42. The number of rotatable bonds is 14. The van der Waals surface area contributed by atoms with Gasteiger partial charge >= 0.3 is 0 Å². The van der Waals surface area contributed by atoms with Gasteiger partial charge in [-0.15, -0.1) is 0 Å². The number of nitrogens with one attached hydrogen (secondary N) is 2. The van der Waals surface area contributed by atoms with E-state index < -0.39 is 28.3 Å². The Morgan fingerprint density at radius 1 is 0.746 bits per heavy atom. The minimum Gasteiger partial charge on any atom is -0.392 e. The molecule has 0 saturated carbocycles. The Balaban J connectivity index is 1.08. The molecule has 7 rings (SSSR count). The summed E-state index contributed by atoms with van der Waals surface area (Å²) in [6.45, 7) is 7.33. The third-order valence-electron chi connectivity index (χ3n) is 11.6. The maximum atomic E-state index is 13.7. The average molecular weight is 816 g/mol. The summed E-state index contributed by atoms with van der Waals surface area (Å²) in [6.07, 6.45) is 5.65. The molecule has 5 aromatic carbocycles. The van der Waals surface area contributed by atoms with Crippen molar-refractivity contribution in [2.24, 2.45) is 5.92 Å². The summed E-state index contributed by atoms with van der Waals surface area (Å²) >= 11 is 0. The number of carbonyl (C=O) groups is 1. The van der Waals surface area contributed by atoms with Crippen LogP contribution in [0.15, 0.2) is 132 Å². The molecule has 2 fully saturated rings. The second-order valence-electron chi connectivity index (χ2n) is 16.1. The van der Waals surface area contributed by atoms with Gasteiger partial charge in [0.15, 0.2) is 6.29 Å². The molecule has 0 aromatic heterocycles. The lowest BCUT2D eigenvalue weighted by Gasteiger charge is -2.43. The normalized spacial score (nSPS) is 20.9. The number of aryl methyl sites for hydroxylation is 1. The molecule has 0 spiro atoms. The first kappa shape index (κ1) is 42.4. The van der Waals surface area contributed by atoms with Gasteiger partial charge in [-0.3, -0.25) is 4.79 Å². The maximum Gasteiger partial charge on any atom is 0.241 e. The van der Waals surface area contributed by atoms with E-state index in [9.17, 15) is 18.3 Å². The lowest BCUT2D eigenvalue weighted by molar-refractivity contribution is -0.276. The van der Waals surface area contributed by atoms with Crippen molar-refractivity contribution in [3.63, 3.8) is 0 Å². The van der Waals surface area contributed by atoms with E-state index in [4.69, 9.17) is 9.47 Å². The van der Waals surface area contributed by atoms with E-state index in [1.807, 2.05) is 79.7 Å². The zero-order valence-corrected chi connectivity index (χ0v) is 34.9. The van der Waals surface area contributed by atoms with E-state index in [2.05, 4.69) is 52.2 Å². The monoisotopic (exact) mass is 815 g/mol. The van der Waals surface area contributed by atoms with Crippen LogP contribution >= 0.6 is 0 Å². The number of aliphatic hydroxyl groups excluding tert-OH is 1. The van der Waals surface area contributed by atoms with Gasteiger partial charge in [-0.25, -0.2) is 8.42 Å². The number of ether oxygens (including phenoxy) is 2. The first-order chi connectivity index (χ1) is 28.6. The van der Waals surface area contributed by atoms with Gasteiger partial charge < -0.3 is 24.8 Å². The Morgan fingerprint density at radius 2 is 1.41 bits per heavy atom. The second kappa shape index (κ2) is 20.1. The van der Waals surface area contributed by atoms with Crippen molar-refractivity contribution in [2.75, 3.05) is 19.6 Å². The maximum absolute atomic E-state index is 13.7. The fourth-order valence-electron chi connectivity index (χ4n) is 8.13. The molecule has 310 valence electrons. The summed E-state index contributed by atoms with van der Waals surface area (Å²) in [5.74, 6) is -0.305. The minimum atomic E-state index is -3.96. The highest BCUT2D eigenvalue weighted by molar-refractivity contribution is 7.89. The topological polar surface area (TPSA) is 117 Å². The molecule has 2 aliphatic rings. The number of sulfonamides is 1. The van der Waals surface area contributed by atoms with Crippen LogP contribution in [0.3, 0.4) is 0 Å². The number of hydrogen-bond donors (Lipinski definition) is 3. The number of benzene rings is 5. The van der Waals surface area contributed by atoms with Gasteiger partial charge in [-0.05, 0) is 96.9 Å². The zero-order valence-electron chi connectivity index (χ0n) is 34.1. The van der Waals surface area contributed by atoms with Crippen molar-refractivity contribution in [1.82, 2.24) is 14.9 Å². The molecule has 5 aromatic rings. The number of likely N-dealkylation sites (tertiary alicyclic amines) is 1. The Kier molecular flexibility index (Phi) is 14.4. The molecule has 5 atom stereocenters. The molecule has 0 radical (unpaired) electrons. The highest BCUT2D eigenvalue weighted by atomic mass is 32.2. The first-order valence-electron chi connectivity index (χ1n) is 21.0. The van der Waals surface area contributed by atoms with Crippen molar-refractivity contribution in [2.45, 2.75) is 95.0 Å². The lowest BCUT2D eigenvalue weighted by Crippen LogP contribution is -2.47. The minimum absolute atomic E-state index is 0.00408. The van der Waals surface area contributed by atoms with Crippen LogP contribution in [0.4, 0.5) is 0 Å². The van der Waals surface area contributed by atoms with E-state index in [0.29, 0.717) is 0 Å². The molecule has 2 saturated heterocycles. The summed E-state index contributed by atoms with van der Waals surface area (Å²) in [6, 6.07) is 39.3. The number of hydrogen-bond acceptors (Lipinski definition) is 7. The molecular formula is C49H57N3O6S. The molecule has 9 nitrogen and oxygen atoms in total. The van der Waals surface area contributed by atoms with E-state index in [1.54, 1.807) is 24.3 Å². The van der Waals surface area contributed by atoms with Crippen LogP contribution in [-0.4, -0.2) is 56.1 Å². The summed E-state index contributed by atoms with van der Waals surface area (Å²) in [5, 5.41) is 12.7. The highest BCUT2D eigenvalue weighted by Gasteiger charge is 2.39.